The molecule has 256 valence electrons. The maximum Gasteiger partial charge on any atom is -0.00258 e. The van der Waals surface area contributed by atoms with Crippen molar-refractivity contribution in [2.24, 2.45) is 0 Å². The van der Waals surface area contributed by atoms with Crippen LogP contribution in [0.5, 0.6) is 0 Å². The summed E-state index contributed by atoms with van der Waals surface area (Å²) >= 11 is 0. The third-order valence-corrected chi connectivity index (χ3v) is 10.6. The highest BCUT2D eigenvalue weighted by atomic mass is 14.2. The van der Waals surface area contributed by atoms with Crippen LogP contribution in [0.1, 0.15) is 27.8 Å². The van der Waals surface area contributed by atoms with Crippen LogP contribution in [0.2, 0.25) is 0 Å². The average Bonchev–Trinajstić information content (AvgIpc) is 3.25. The zero-order valence-corrected chi connectivity index (χ0v) is 30.2. The molecule has 0 nitrogen and oxygen atoms in total. The summed E-state index contributed by atoms with van der Waals surface area (Å²) in [5, 5.41) is 5.05. The molecule has 0 heterocycles. The monoisotopic (exact) mass is 688 g/mol. The second kappa shape index (κ2) is 15.1. The van der Waals surface area contributed by atoms with Gasteiger partial charge in [0.2, 0.25) is 0 Å². The quantitative estimate of drug-likeness (QED) is 0.142. The van der Waals surface area contributed by atoms with E-state index in [0.717, 1.165) is 12.8 Å². The van der Waals surface area contributed by atoms with Crippen LogP contribution in [-0.2, 0) is 12.8 Å². The molecule has 0 fully saturated rings. The van der Waals surface area contributed by atoms with E-state index in [1.807, 2.05) is 0 Å². The van der Waals surface area contributed by atoms with Gasteiger partial charge in [-0.25, -0.2) is 0 Å². The highest BCUT2D eigenvalue weighted by Crippen LogP contribution is 2.41. The van der Waals surface area contributed by atoms with Crippen molar-refractivity contribution in [3.63, 3.8) is 0 Å². The molecule has 9 aromatic rings. The number of rotatable bonds is 9. The minimum Gasteiger partial charge on any atom is -0.0717 e. The van der Waals surface area contributed by atoms with Crippen molar-refractivity contribution < 1.29 is 0 Å². The molecule has 0 aliphatic carbocycles. The first-order valence-corrected chi connectivity index (χ1v) is 18.9. The summed E-state index contributed by atoms with van der Waals surface area (Å²) in [6.45, 7) is 0. The summed E-state index contributed by atoms with van der Waals surface area (Å²) in [4.78, 5) is 0. The van der Waals surface area contributed by atoms with Crippen LogP contribution in [-0.4, -0.2) is 0 Å². The van der Waals surface area contributed by atoms with Crippen molar-refractivity contribution >= 4 is 27.1 Å². The van der Waals surface area contributed by atoms with Gasteiger partial charge in [0.05, 0.1) is 0 Å². The normalized spacial score (nSPS) is 11.6. The van der Waals surface area contributed by atoms with Crippen LogP contribution in [0, 0.1) is 0 Å². The van der Waals surface area contributed by atoms with Gasteiger partial charge in [0.15, 0.2) is 0 Å². The Morgan fingerprint density at radius 2 is 0.667 bits per heavy atom. The van der Waals surface area contributed by atoms with E-state index >= 15 is 0 Å². The van der Waals surface area contributed by atoms with Crippen molar-refractivity contribution in [2.75, 3.05) is 0 Å². The minimum absolute atomic E-state index is 0.885. The Bertz CT molecular complexity index is 2700. The number of hydrogen-bond donors (Lipinski definition) is 0. The Hall–Kier alpha value is -6.76. The van der Waals surface area contributed by atoms with E-state index in [2.05, 4.69) is 218 Å². The minimum atomic E-state index is 0.885. The van der Waals surface area contributed by atoms with Crippen molar-refractivity contribution in [1.82, 2.24) is 0 Å². The Kier molecular flexibility index (Phi) is 9.24. The molecule has 9 rings (SSSR count). The molecule has 0 amide bonds. The van der Waals surface area contributed by atoms with E-state index in [0.29, 0.717) is 0 Å². The molecule has 0 spiro atoms. The van der Waals surface area contributed by atoms with Gasteiger partial charge in [-0.2, -0.15) is 0 Å². The molecule has 9 aromatic carbocycles. The Morgan fingerprint density at radius 1 is 0.296 bits per heavy atom. The van der Waals surface area contributed by atoms with E-state index < -0.39 is 0 Å². The zero-order valence-electron chi connectivity index (χ0n) is 30.2. The Balaban J connectivity index is 1.06. The highest BCUT2D eigenvalue weighted by Gasteiger charge is 2.15. The predicted molar refractivity (Wildman–Crippen MR) is 231 cm³/mol. The molecule has 0 aliphatic heterocycles. The summed E-state index contributed by atoms with van der Waals surface area (Å²) in [5.74, 6) is 0. The lowest BCUT2D eigenvalue weighted by Gasteiger charge is -2.16. The summed E-state index contributed by atoms with van der Waals surface area (Å²) in [7, 11) is 0. The van der Waals surface area contributed by atoms with Gasteiger partial charge in [0.1, 0.15) is 0 Å². The van der Waals surface area contributed by atoms with Crippen LogP contribution >= 0.6 is 0 Å². The number of allylic oxidation sites excluding steroid dienone is 1. The van der Waals surface area contributed by atoms with Gasteiger partial charge in [0.25, 0.3) is 0 Å². The van der Waals surface area contributed by atoms with Gasteiger partial charge < -0.3 is 0 Å². The molecule has 0 N–H and O–H groups in total. The first kappa shape index (κ1) is 33.1. The Labute approximate surface area is 318 Å². The lowest BCUT2D eigenvalue weighted by atomic mass is 9.87. The van der Waals surface area contributed by atoms with E-state index in [-0.39, 0.29) is 0 Å². The third kappa shape index (κ3) is 6.78. The van der Waals surface area contributed by atoms with Gasteiger partial charge >= 0.3 is 0 Å². The molecule has 0 saturated heterocycles. The maximum atomic E-state index is 2.36. The topological polar surface area (TPSA) is 0 Å². The largest absolute Gasteiger partial charge is 0.0717 e. The molecule has 0 bridgehead atoms. The lowest BCUT2D eigenvalue weighted by molar-refractivity contribution is 1.19. The zero-order chi connectivity index (χ0) is 36.1. The third-order valence-electron chi connectivity index (χ3n) is 10.6. The van der Waals surface area contributed by atoms with E-state index in [9.17, 15) is 0 Å². The average molecular weight is 689 g/mol. The van der Waals surface area contributed by atoms with Crippen molar-refractivity contribution in [1.29, 1.82) is 0 Å². The summed E-state index contributed by atoms with van der Waals surface area (Å²) < 4.78 is 0. The molecule has 0 heteroatoms. The van der Waals surface area contributed by atoms with Gasteiger partial charge in [-0.1, -0.05) is 218 Å². The van der Waals surface area contributed by atoms with Crippen LogP contribution in [0.3, 0.4) is 0 Å². The molecule has 0 saturated carbocycles. The fourth-order valence-corrected chi connectivity index (χ4v) is 7.89. The molecule has 0 radical (unpaired) electrons. The molecular formula is C54H40. The molecule has 54 heavy (non-hydrogen) atoms. The van der Waals surface area contributed by atoms with Crippen LogP contribution in [0.15, 0.2) is 218 Å². The first-order valence-electron chi connectivity index (χ1n) is 18.9. The summed E-state index contributed by atoms with van der Waals surface area (Å²) in [6.07, 6.45) is 4.19. The predicted octanol–water partition coefficient (Wildman–Crippen LogP) is 14.3. The second-order valence-electron chi connectivity index (χ2n) is 14.0. The standard InChI is InChI=1S/C54H40/c1-4-14-39(15-5-1)26-33-46(42-18-8-3-9-19-42)43-29-31-45(32-30-43)48-35-37-54(52-23-13-11-21-50(48)52)53-36-34-47(49-20-10-12-22-51(49)53)44-27-24-41(25-28-44)38-40-16-6-2-7-17-40/h1-25,27-37H,26,38H2/b46-33+. The van der Waals surface area contributed by atoms with Gasteiger partial charge in [-0.15, -0.1) is 0 Å². The SMILES string of the molecule is C(/Cc1ccccc1)=C(/c1ccccc1)c1ccc(-c2ccc(-c3ccc(-c4ccc(Cc5ccccc5)cc4)c4ccccc34)c3ccccc23)cc1. The van der Waals surface area contributed by atoms with Crippen molar-refractivity contribution in [3.8, 4) is 33.4 Å². The van der Waals surface area contributed by atoms with Crippen LogP contribution in [0.4, 0.5) is 0 Å². The molecule has 0 aliphatic rings. The van der Waals surface area contributed by atoms with Crippen molar-refractivity contribution in [3.05, 3.63) is 246 Å². The smallest absolute Gasteiger partial charge is 0.00258 e. The fraction of sp³-hybridized carbons (Fsp3) is 0.0370. The first-order chi connectivity index (χ1) is 26.8. The summed E-state index contributed by atoms with van der Waals surface area (Å²) in [6, 6.07) is 77.3. The molecule has 0 unspecified atom stereocenters. The highest BCUT2D eigenvalue weighted by molar-refractivity contribution is 6.12. The van der Waals surface area contributed by atoms with Gasteiger partial charge in [0, 0.05) is 0 Å². The van der Waals surface area contributed by atoms with Crippen LogP contribution in [0.25, 0.3) is 60.5 Å². The van der Waals surface area contributed by atoms with Gasteiger partial charge in [-0.05, 0) is 101 Å². The number of hydrogen-bond acceptors (Lipinski definition) is 0. The Morgan fingerprint density at radius 3 is 1.19 bits per heavy atom. The number of benzene rings is 9. The van der Waals surface area contributed by atoms with E-state index in [1.165, 1.54) is 88.3 Å². The number of fused-ring (bicyclic) bond motifs is 2. The van der Waals surface area contributed by atoms with E-state index in [1.54, 1.807) is 0 Å². The maximum absolute atomic E-state index is 2.36. The summed E-state index contributed by atoms with van der Waals surface area (Å²) in [5.41, 5.74) is 15.1. The van der Waals surface area contributed by atoms with Crippen LogP contribution < -0.4 is 0 Å². The second-order valence-corrected chi connectivity index (χ2v) is 14.0. The van der Waals surface area contributed by atoms with Crippen molar-refractivity contribution in [2.45, 2.75) is 12.8 Å². The molecule has 0 atom stereocenters. The van der Waals surface area contributed by atoms with Gasteiger partial charge in [-0.3, -0.25) is 0 Å². The lowest BCUT2D eigenvalue weighted by Crippen LogP contribution is -1.92. The molecular weight excluding hydrogens is 649 g/mol. The van der Waals surface area contributed by atoms with E-state index in [4.69, 9.17) is 0 Å². The fourth-order valence-electron chi connectivity index (χ4n) is 7.89. The molecule has 0 aromatic heterocycles.